The van der Waals surface area contributed by atoms with Gasteiger partial charge in [-0.1, -0.05) is 0 Å². The van der Waals surface area contributed by atoms with Crippen molar-refractivity contribution in [1.82, 2.24) is 25.1 Å². The molecule has 3 N–H and O–H groups in total. The van der Waals surface area contributed by atoms with Crippen LogP contribution in [0.25, 0.3) is 0 Å². The highest BCUT2D eigenvalue weighted by Crippen LogP contribution is 2.12. The second-order valence-corrected chi connectivity index (χ2v) is 5.30. The van der Waals surface area contributed by atoms with E-state index in [2.05, 4.69) is 31.1 Å². The SMILES string of the molecule is O=C(Cn1cccc1)NCCNc1ccc(Nc2cccnc2)nn1. The minimum atomic E-state index is -0.0277. The van der Waals surface area contributed by atoms with Crippen LogP contribution < -0.4 is 16.0 Å². The number of aromatic nitrogens is 4. The molecule has 0 fully saturated rings. The molecule has 0 saturated carbocycles. The van der Waals surface area contributed by atoms with Crippen molar-refractivity contribution in [3.05, 3.63) is 61.2 Å². The van der Waals surface area contributed by atoms with E-state index in [1.807, 2.05) is 53.4 Å². The Morgan fingerprint density at radius 2 is 1.80 bits per heavy atom. The Bertz CT molecular complexity index is 773. The van der Waals surface area contributed by atoms with Crippen molar-refractivity contribution in [2.45, 2.75) is 6.54 Å². The average molecular weight is 337 g/mol. The van der Waals surface area contributed by atoms with Crippen molar-refractivity contribution in [1.29, 1.82) is 0 Å². The predicted molar refractivity (Wildman–Crippen MR) is 95.5 cm³/mol. The molecule has 8 heteroatoms. The van der Waals surface area contributed by atoms with E-state index < -0.39 is 0 Å². The Hall–Kier alpha value is -3.42. The van der Waals surface area contributed by atoms with E-state index in [0.29, 0.717) is 31.3 Å². The summed E-state index contributed by atoms with van der Waals surface area (Å²) in [5.41, 5.74) is 0.850. The molecule has 8 nitrogen and oxygen atoms in total. The van der Waals surface area contributed by atoms with Gasteiger partial charge in [0.1, 0.15) is 12.4 Å². The molecule has 0 bridgehead atoms. The van der Waals surface area contributed by atoms with Crippen LogP contribution in [0.3, 0.4) is 0 Å². The van der Waals surface area contributed by atoms with E-state index in [9.17, 15) is 4.79 Å². The fourth-order valence-electron chi connectivity index (χ4n) is 2.17. The van der Waals surface area contributed by atoms with Crippen molar-refractivity contribution >= 4 is 23.2 Å². The maximum atomic E-state index is 11.7. The van der Waals surface area contributed by atoms with Gasteiger partial charge < -0.3 is 20.5 Å². The Morgan fingerprint density at radius 1 is 1.00 bits per heavy atom. The minimum Gasteiger partial charge on any atom is -0.367 e. The molecule has 0 aliphatic heterocycles. The molecule has 25 heavy (non-hydrogen) atoms. The van der Waals surface area contributed by atoms with Crippen molar-refractivity contribution < 1.29 is 4.79 Å². The Balaban J connectivity index is 1.38. The van der Waals surface area contributed by atoms with Gasteiger partial charge >= 0.3 is 0 Å². The highest BCUT2D eigenvalue weighted by atomic mass is 16.1. The van der Waals surface area contributed by atoms with Gasteiger partial charge in [0, 0.05) is 31.7 Å². The molecule has 0 saturated heterocycles. The topological polar surface area (TPSA) is 96.8 Å². The van der Waals surface area contributed by atoms with Crippen molar-refractivity contribution in [3.8, 4) is 0 Å². The molecule has 0 aromatic carbocycles. The third kappa shape index (κ3) is 5.31. The van der Waals surface area contributed by atoms with Crippen LogP contribution in [-0.4, -0.2) is 38.7 Å². The number of nitrogens with one attached hydrogen (secondary N) is 3. The van der Waals surface area contributed by atoms with Gasteiger partial charge in [0.05, 0.1) is 11.9 Å². The monoisotopic (exact) mass is 337 g/mol. The molecule has 3 aromatic heterocycles. The maximum Gasteiger partial charge on any atom is 0.239 e. The van der Waals surface area contributed by atoms with Gasteiger partial charge in [-0.3, -0.25) is 9.78 Å². The Kier molecular flexibility index (Phi) is 5.55. The summed E-state index contributed by atoms with van der Waals surface area (Å²) in [6.45, 7) is 1.40. The maximum absolute atomic E-state index is 11.7. The molecular formula is C17H19N7O. The van der Waals surface area contributed by atoms with Crippen molar-refractivity contribution in [3.63, 3.8) is 0 Å². The molecule has 0 atom stereocenters. The standard InChI is InChI=1S/C17H19N7O/c25-17(13-24-10-1-2-11-24)20-9-8-19-15-5-6-16(23-22-15)21-14-4-3-7-18-12-14/h1-7,10-12H,8-9,13H2,(H,19,22)(H,20,25)(H,21,23). The van der Waals surface area contributed by atoms with Gasteiger partial charge in [0.2, 0.25) is 5.91 Å². The van der Waals surface area contributed by atoms with Crippen LogP contribution in [0, 0.1) is 0 Å². The first kappa shape index (κ1) is 16.4. The van der Waals surface area contributed by atoms with Crippen LogP contribution in [0.15, 0.2) is 61.2 Å². The third-order valence-electron chi connectivity index (χ3n) is 3.34. The molecular weight excluding hydrogens is 318 g/mol. The van der Waals surface area contributed by atoms with Crippen LogP contribution in [0.2, 0.25) is 0 Å². The Labute approximate surface area is 145 Å². The van der Waals surface area contributed by atoms with Gasteiger partial charge in [0.25, 0.3) is 0 Å². The minimum absolute atomic E-state index is 0.0277. The zero-order valence-corrected chi connectivity index (χ0v) is 13.6. The van der Waals surface area contributed by atoms with Gasteiger partial charge in [-0.25, -0.2) is 0 Å². The van der Waals surface area contributed by atoms with Crippen LogP contribution in [0.1, 0.15) is 0 Å². The summed E-state index contributed by atoms with van der Waals surface area (Å²) in [4.78, 5) is 15.8. The van der Waals surface area contributed by atoms with Crippen molar-refractivity contribution in [2.75, 3.05) is 23.7 Å². The summed E-state index contributed by atoms with van der Waals surface area (Å²) in [6.07, 6.45) is 7.13. The lowest BCUT2D eigenvalue weighted by Gasteiger charge is -2.08. The first-order chi connectivity index (χ1) is 12.3. The number of amides is 1. The Morgan fingerprint density at radius 3 is 2.52 bits per heavy atom. The van der Waals surface area contributed by atoms with Crippen LogP contribution in [-0.2, 0) is 11.3 Å². The smallest absolute Gasteiger partial charge is 0.239 e. The summed E-state index contributed by atoms with van der Waals surface area (Å²) in [5.74, 6) is 1.26. The first-order valence-corrected chi connectivity index (χ1v) is 7.92. The molecule has 0 radical (unpaired) electrons. The lowest BCUT2D eigenvalue weighted by molar-refractivity contribution is -0.121. The predicted octanol–water partition coefficient (Wildman–Crippen LogP) is 1.64. The van der Waals surface area contributed by atoms with E-state index in [1.165, 1.54) is 0 Å². The summed E-state index contributed by atoms with van der Waals surface area (Å²) < 4.78 is 1.82. The molecule has 128 valence electrons. The van der Waals surface area contributed by atoms with Crippen LogP contribution in [0.5, 0.6) is 0 Å². The van der Waals surface area contributed by atoms with E-state index in [4.69, 9.17) is 0 Å². The molecule has 0 aliphatic rings. The number of hydrogen-bond acceptors (Lipinski definition) is 6. The first-order valence-electron chi connectivity index (χ1n) is 7.92. The number of pyridine rings is 1. The summed E-state index contributed by atoms with van der Waals surface area (Å²) >= 11 is 0. The third-order valence-corrected chi connectivity index (χ3v) is 3.34. The molecule has 3 aromatic rings. The second-order valence-electron chi connectivity index (χ2n) is 5.30. The van der Waals surface area contributed by atoms with Gasteiger partial charge in [-0.05, 0) is 36.4 Å². The fraction of sp³-hybridized carbons (Fsp3) is 0.176. The van der Waals surface area contributed by atoms with Gasteiger partial charge in [-0.15, -0.1) is 10.2 Å². The molecule has 3 heterocycles. The summed E-state index contributed by atoms with van der Waals surface area (Å²) in [7, 11) is 0. The van der Waals surface area contributed by atoms with Gasteiger partial charge in [0.15, 0.2) is 5.82 Å². The normalized spacial score (nSPS) is 10.2. The zero-order chi connectivity index (χ0) is 17.3. The molecule has 0 aliphatic carbocycles. The highest BCUT2D eigenvalue weighted by molar-refractivity contribution is 5.75. The average Bonchev–Trinajstić information content (AvgIpc) is 3.14. The molecule has 0 spiro atoms. The number of carbonyl (C=O) groups is 1. The lowest BCUT2D eigenvalue weighted by atomic mass is 10.4. The highest BCUT2D eigenvalue weighted by Gasteiger charge is 2.02. The number of rotatable bonds is 8. The molecule has 3 rings (SSSR count). The van der Waals surface area contributed by atoms with E-state index in [-0.39, 0.29) is 5.91 Å². The largest absolute Gasteiger partial charge is 0.367 e. The molecule has 0 unspecified atom stereocenters. The fourth-order valence-corrected chi connectivity index (χ4v) is 2.17. The zero-order valence-electron chi connectivity index (χ0n) is 13.6. The number of carbonyl (C=O) groups excluding carboxylic acids is 1. The summed E-state index contributed by atoms with van der Waals surface area (Å²) in [6, 6.07) is 11.2. The van der Waals surface area contributed by atoms with Crippen LogP contribution >= 0.6 is 0 Å². The number of nitrogens with zero attached hydrogens (tertiary/aromatic N) is 4. The summed E-state index contributed by atoms with van der Waals surface area (Å²) in [5, 5.41) is 17.3. The number of anilines is 3. The van der Waals surface area contributed by atoms with Gasteiger partial charge in [-0.2, -0.15) is 0 Å². The van der Waals surface area contributed by atoms with E-state index in [0.717, 1.165) is 5.69 Å². The van der Waals surface area contributed by atoms with Crippen LogP contribution in [0.4, 0.5) is 17.3 Å². The lowest BCUT2D eigenvalue weighted by Crippen LogP contribution is -2.31. The quantitative estimate of drug-likeness (QED) is 0.541. The van der Waals surface area contributed by atoms with E-state index >= 15 is 0 Å². The van der Waals surface area contributed by atoms with E-state index in [1.54, 1.807) is 12.4 Å². The number of hydrogen-bond donors (Lipinski definition) is 3. The van der Waals surface area contributed by atoms with Crippen molar-refractivity contribution in [2.24, 2.45) is 0 Å². The molecule has 1 amide bonds. The second kappa shape index (κ2) is 8.44.